The Morgan fingerprint density at radius 2 is 2.08 bits per heavy atom. The first-order valence-electron chi connectivity index (χ1n) is 4.28. The monoisotopic (exact) mass is 193 g/mol. The van der Waals surface area contributed by atoms with Crippen LogP contribution in [0.2, 0.25) is 0 Å². The van der Waals surface area contributed by atoms with Crippen LogP contribution in [-0.4, -0.2) is 17.4 Å². The normalized spacial score (nSPS) is 22.5. The van der Waals surface area contributed by atoms with Gasteiger partial charge in [0.25, 0.3) is 0 Å². The largest absolute Gasteiger partial charge is 0.348 e. The van der Waals surface area contributed by atoms with Crippen LogP contribution in [0.3, 0.4) is 0 Å². The fourth-order valence-corrected chi connectivity index (χ4v) is 2.31. The third kappa shape index (κ3) is 2.04. The maximum absolute atomic E-state index is 11.1. The molecular formula is C10H11NOS. The van der Waals surface area contributed by atoms with E-state index in [4.69, 9.17) is 0 Å². The summed E-state index contributed by atoms with van der Waals surface area (Å²) in [6.07, 6.45) is 0. The molecular weight excluding hydrogens is 182 g/mol. The van der Waals surface area contributed by atoms with Crippen LogP contribution in [0, 0.1) is 0 Å². The molecule has 1 N–H and O–H groups in total. The summed E-state index contributed by atoms with van der Waals surface area (Å²) in [6, 6.07) is 10.3. The molecule has 68 valence electrons. The lowest BCUT2D eigenvalue weighted by atomic mass is 10.1. The number of hydrogen-bond acceptors (Lipinski definition) is 2. The van der Waals surface area contributed by atoms with Crippen molar-refractivity contribution < 1.29 is 4.79 Å². The summed E-state index contributed by atoms with van der Waals surface area (Å²) in [6.45, 7) is 0. The molecule has 1 amide bonds. The lowest BCUT2D eigenvalue weighted by molar-refractivity contribution is -0.119. The topological polar surface area (TPSA) is 29.1 Å². The second-order valence-electron chi connectivity index (χ2n) is 3.05. The number of benzene rings is 1. The van der Waals surface area contributed by atoms with Gasteiger partial charge in [0.1, 0.15) is 0 Å². The Kier molecular flexibility index (Phi) is 2.54. The Morgan fingerprint density at radius 3 is 2.77 bits per heavy atom. The van der Waals surface area contributed by atoms with E-state index in [1.54, 1.807) is 11.8 Å². The van der Waals surface area contributed by atoms with Gasteiger partial charge in [0.15, 0.2) is 0 Å². The SMILES string of the molecule is O=C1CSC[C@H](c2ccccc2)N1. The number of amides is 1. The first-order chi connectivity index (χ1) is 6.36. The Morgan fingerprint density at radius 1 is 1.31 bits per heavy atom. The van der Waals surface area contributed by atoms with Gasteiger partial charge in [-0.25, -0.2) is 0 Å². The van der Waals surface area contributed by atoms with Crippen molar-refractivity contribution in [2.24, 2.45) is 0 Å². The highest BCUT2D eigenvalue weighted by Crippen LogP contribution is 2.21. The highest BCUT2D eigenvalue weighted by atomic mass is 32.2. The third-order valence-corrected chi connectivity index (χ3v) is 3.09. The second-order valence-corrected chi connectivity index (χ2v) is 4.08. The molecule has 1 atom stereocenters. The Balaban J connectivity index is 2.13. The van der Waals surface area contributed by atoms with Gasteiger partial charge in [-0.3, -0.25) is 4.79 Å². The van der Waals surface area contributed by atoms with Gasteiger partial charge in [0, 0.05) is 5.75 Å². The van der Waals surface area contributed by atoms with E-state index in [1.807, 2.05) is 18.2 Å². The summed E-state index contributed by atoms with van der Waals surface area (Å²) in [5.74, 6) is 1.73. The summed E-state index contributed by atoms with van der Waals surface area (Å²) in [5, 5.41) is 2.97. The summed E-state index contributed by atoms with van der Waals surface area (Å²) in [7, 11) is 0. The maximum Gasteiger partial charge on any atom is 0.230 e. The Hall–Kier alpha value is -0.960. The van der Waals surface area contributed by atoms with Gasteiger partial charge in [0.2, 0.25) is 5.91 Å². The first-order valence-corrected chi connectivity index (χ1v) is 5.44. The van der Waals surface area contributed by atoms with Gasteiger partial charge >= 0.3 is 0 Å². The van der Waals surface area contributed by atoms with E-state index < -0.39 is 0 Å². The molecule has 3 heteroatoms. The molecule has 0 saturated carbocycles. The van der Waals surface area contributed by atoms with Gasteiger partial charge in [-0.05, 0) is 5.56 Å². The molecule has 1 aliphatic rings. The lowest BCUT2D eigenvalue weighted by Gasteiger charge is -2.22. The molecule has 13 heavy (non-hydrogen) atoms. The van der Waals surface area contributed by atoms with Crippen LogP contribution in [0.5, 0.6) is 0 Å². The lowest BCUT2D eigenvalue weighted by Crippen LogP contribution is -2.35. The number of thioether (sulfide) groups is 1. The quantitative estimate of drug-likeness (QED) is 0.734. The standard InChI is InChI=1S/C10H11NOS/c12-10-7-13-6-9(11-10)8-4-2-1-3-5-8/h1-5,9H,6-7H2,(H,11,12)/t9-/m1/s1. The molecule has 1 aliphatic heterocycles. The minimum absolute atomic E-state index is 0.144. The van der Waals surface area contributed by atoms with Crippen molar-refractivity contribution in [2.45, 2.75) is 6.04 Å². The average molecular weight is 193 g/mol. The molecule has 1 heterocycles. The highest BCUT2D eigenvalue weighted by molar-refractivity contribution is 8.00. The molecule has 2 nitrogen and oxygen atoms in total. The first kappa shape index (κ1) is 8.63. The van der Waals surface area contributed by atoms with Crippen molar-refractivity contribution in [3.8, 4) is 0 Å². The van der Waals surface area contributed by atoms with E-state index in [0.717, 1.165) is 5.75 Å². The van der Waals surface area contributed by atoms with Crippen LogP contribution in [-0.2, 0) is 4.79 Å². The summed E-state index contributed by atoms with van der Waals surface area (Å²) in [5.41, 5.74) is 1.20. The zero-order valence-corrected chi connectivity index (χ0v) is 8.01. The summed E-state index contributed by atoms with van der Waals surface area (Å²) < 4.78 is 0. The molecule has 0 unspecified atom stereocenters. The molecule has 1 aromatic carbocycles. The molecule has 1 fully saturated rings. The van der Waals surface area contributed by atoms with Crippen molar-refractivity contribution >= 4 is 17.7 Å². The van der Waals surface area contributed by atoms with Crippen molar-refractivity contribution in [3.05, 3.63) is 35.9 Å². The Bertz CT molecular complexity index is 299. The van der Waals surface area contributed by atoms with Gasteiger partial charge in [-0.1, -0.05) is 30.3 Å². The smallest absolute Gasteiger partial charge is 0.230 e. The Labute approximate surface area is 81.7 Å². The number of hydrogen-bond donors (Lipinski definition) is 1. The summed E-state index contributed by atoms with van der Waals surface area (Å²) in [4.78, 5) is 11.1. The fourth-order valence-electron chi connectivity index (χ4n) is 1.41. The number of nitrogens with one attached hydrogen (secondary N) is 1. The van der Waals surface area contributed by atoms with Crippen molar-refractivity contribution in [1.29, 1.82) is 0 Å². The third-order valence-electron chi connectivity index (χ3n) is 2.05. The van der Waals surface area contributed by atoms with E-state index in [-0.39, 0.29) is 11.9 Å². The highest BCUT2D eigenvalue weighted by Gasteiger charge is 2.19. The zero-order chi connectivity index (χ0) is 9.10. The summed E-state index contributed by atoms with van der Waals surface area (Å²) >= 11 is 1.69. The molecule has 0 spiro atoms. The van der Waals surface area contributed by atoms with Gasteiger partial charge in [-0.2, -0.15) is 0 Å². The van der Waals surface area contributed by atoms with Crippen LogP contribution in [0.25, 0.3) is 0 Å². The van der Waals surface area contributed by atoms with Crippen molar-refractivity contribution in [1.82, 2.24) is 5.32 Å². The molecule has 2 rings (SSSR count). The van der Waals surface area contributed by atoms with Gasteiger partial charge in [-0.15, -0.1) is 11.8 Å². The van der Waals surface area contributed by atoms with Crippen LogP contribution in [0.15, 0.2) is 30.3 Å². The van der Waals surface area contributed by atoms with Crippen molar-refractivity contribution in [3.63, 3.8) is 0 Å². The van der Waals surface area contributed by atoms with Gasteiger partial charge < -0.3 is 5.32 Å². The zero-order valence-electron chi connectivity index (χ0n) is 7.19. The van der Waals surface area contributed by atoms with E-state index in [1.165, 1.54) is 5.56 Å². The molecule has 1 aromatic rings. The molecule has 0 radical (unpaired) electrons. The fraction of sp³-hybridized carbons (Fsp3) is 0.300. The van der Waals surface area contributed by atoms with Gasteiger partial charge in [0.05, 0.1) is 11.8 Å². The maximum atomic E-state index is 11.1. The molecule has 1 saturated heterocycles. The molecule has 0 bridgehead atoms. The van der Waals surface area contributed by atoms with E-state index in [2.05, 4.69) is 17.4 Å². The predicted octanol–water partition coefficient (Wildman–Crippen LogP) is 1.59. The predicted molar refractivity (Wildman–Crippen MR) is 54.7 cm³/mol. The number of carbonyl (C=O) groups excluding carboxylic acids is 1. The average Bonchev–Trinajstić information content (AvgIpc) is 2.19. The van der Waals surface area contributed by atoms with E-state index in [0.29, 0.717) is 5.75 Å². The van der Waals surface area contributed by atoms with Crippen LogP contribution in [0.4, 0.5) is 0 Å². The van der Waals surface area contributed by atoms with Crippen LogP contribution < -0.4 is 5.32 Å². The molecule has 0 aromatic heterocycles. The van der Waals surface area contributed by atoms with Crippen LogP contribution >= 0.6 is 11.8 Å². The van der Waals surface area contributed by atoms with E-state index in [9.17, 15) is 4.79 Å². The second kappa shape index (κ2) is 3.83. The van der Waals surface area contributed by atoms with E-state index >= 15 is 0 Å². The number of carbonyl (C=O) groups is 1. The van der Waals surface area contributed by atoms with Crippen molar-refractivity contribution in [2.75, 3.05) is 11.5 Å². The molecule has 0 aliphatic carbocycles. The number of rotatable bonds is 1. The minimum Gasteiger partial charge on any atom is -0.348 e. The minimum atomic E-state index is 0.144. The van der Waals surface area contributed by atoms with Crippen LogP contribution in [0.1, 0.15) is 11.6 Å².